The van der Waals surface area contributed by atoms with Crippen molar-refractivity contribution in [2.24, 2.45) is 0 Å². The molecule has 2 aromatic carbocycles. The summed E-state index contributed by atoms with van der Waals surface area (Å²) in [4.78, 5) is 0. The highest BCUT2D eigenvalue weighted by Gasteiger charge is 2.17. The molecule has 0 bridgehead atoms. The van der Waals surface area contributed by atoms with Crippen LogP contribution in [-0.4, -0.2) is 14.2 Å². The van der Waals surface area contributed by atoms with E-state index in [-0.39, 0.29) is 6.04 Å². The Bertz CT molecular complexity index is 628. The molecule has 0 saturated carbocycles. The van der Waals surface area contributed by atoms with E-state index in [9.17, 15) is 8.78 Å². The smallest absolute Gasteiger partial charge is 0.126 e. The van der Waals surface area contributed by atoms with Gasteiger partial charge in [-0.25, -0.2) is 8.78 Å². The Morgan fingerprint density at radius 3 is 2.57 bits per heavy atom. The van der Waals surface area contributed by atoms with Gasteiger partial charge in [0.25, 0.3) is 0 Å². The molecule has 0 heterocycles. The van der Waals surface area contributed by atoms with Crippen molar-refractivity contribution in [3.8, 4) is 5.75 Å². The minimum absolute atomic E-state index is 0.156. The summed E-state index contributed by atoms with van der Waals surface area (Å²) in [5, 5.41) is 3.15. The van der Waals surface area contributed by atoms with Crippen LogP contribution in [0.3, 0.4) is 0 Å². The maximum Gasteiger partial charge on any atom is 0.126 e. The third-order valence-corrected chi connectivity index (χ3v) is 3.54. The zero-order valence-electron chi connectivity index (χ0n) is 12.4. The van der Waals surface area contributed by atoms with E-state index in [1.54, 1.807) is 14.2 Å². The summed E-state index contributed by atoms with van der Waals surface area (Å²) in [7, 11) is 3.40. The van der Waals surface area contributed by atoms with Gasteiger partial charge >= 0.3 is 0 Å². The summed E-state index contributed by atoms with van der Waals surface area (Å²) in [6.07, 6.45) is 0.347. The van der Waals surface area contributed by atoms with Gasteiger partial charge in [0.15, 0.2) is 0 Å². The largest absolute Gasteiger partial charge is 0.496 e. The van der Waals surface area contributed by atoms with Crippen LogP contribution in [0.1, 0.15) is 22.7 Å². The second-order valence-corrected chi connectivity index (χ2v) is 5.03. The molecule has 0 spiro atoms. The molecule has 0 amide bonds. The number of nitrogens with one attached hydrogen (secondary N) is 1. The topological polar surface area (TPSA) is 21.3 Å². The van der Waals surface area contributed by atoms with Gasteiger partial charge in [-0.15, -0.1) is 0 Å². The van der Waals surface area contributed by atoms with Crippen LogP contribution in [0.25, 0.3) is 0 Å². The van der Waals surface area contributed by atoms with E-state index in [0.717, 1.165) is 29.0 Å². The van der Waals surface area contributed by atoms with Gasteiger partial charge in [0, 0.05) is 11.6 Å². The average Bonchev–Trinajstić information content (AvgIpc) is 2.48. The lowest BCUT2D eigenvalue weighted by Crippen LogP contribution is -2.20. The standard InChI is InChI=1S/C17H19F2NO/c1-11-4-7-17(21-3)14(8-11)16(20-2)10-12-9-13(18)5-6-15(12)19/h4-9,16,20H,10H2,1-3H3. The average molecular weight is 291 g/mol. The summed E-state index contributed by atoms with van der Waals surface area (Å²) in [5.74, 6) is -0.0995. The highest BCUT2D eigenvalue weighted by Crippen LogP contribution is 2.29. The minimum Gasteiger partial charge on any atom is -0.496 e. The molecule has 0 fully saturated rings. The molecule has 0 aromatic heterocycles. The Hall–Kier alpha value is -1.94. The first-order valence-corrected chi connectivity index (χ1v) is 6.81. The summed E-state index contributed by atoms with van der Waals surface area (Å²) in [6.45, 7) is 1.98. The lowest BCUT2D eigenvalue weighted by atomic mass is 9.96. The molecule has 21 heavy (non-hydrogen) atoms. The third kappa shape index (κ3) is 3.58. The fraction of sp³-hybridized carbons (Fsp3) is 0.294. The molecule has 4 heteroatoms. The van der Waals surface area contributed by atoms with Crippen LogP contribution in [0.4, 0.5) is 8.78 Å². The maximum absolute atomic E-state index is 13.8. The fourth-order valence-corrected chi connectivity index (χ4v) is 2.41. The molecule has 1 N–H and O–H groups in total. The SMILES string of the molecule is CNC(Cc1cc(F)ccc1F)c1cc(C)ccc1OC. The first kappa shape index (κ1) is 15.4. The molecule has 0 aliphatic carbocycles. The molecule has 0 radical (unpaired) electrons. The molecule has 2 nitrogen and oxygen atoms in total. The molecule has 2 rings (SSSR count). The fourth-order valence-electron chi connectivity index (χ4n) is 2.41. The second kappa shape index (κ2) is 6.68. The first-order valence-electron chi connectivity index (χ1n) is 6.81. The number of rotatable bonds is 5. The van der Waals surface area contributed by atoms with Crippen molar-refractivity contribution in [1.29, 1.82) is 0 Å². The van der Waals surface area contributed by atoms with Crippen molar-refractivity contribution in [2.75, 3.05) is 14.2 Å². The van der Waals surface area contributed by atoms with Crippen molar-refractivity contribution in [3.05, 3.63) is 64.7 Å². The number of likely N-dealkylation sites (N-methyl/N-ethyl adjacent to an activating group) is 1. The molecular formula is C17H19F2NO. The number of ether oxygens (including phenoxy) is 1. The molecule has 1 atom stereocenters. The quantitative estimate of drug-likeness (QED) is 0.905. The van der Waals surface area contributed by atoms with Crippen LogP contribution >= 0.6 is 0 Å². The van der Waals surface area contributed by atoms with Crippen LogP contribution in [0, 0.1) is 18.6 Å². The molecule has 0 aliphatic heterocycles. The zero-order chi connectivity index (χ0) is 15.4. The Morgan fingerprint density at radius 2 is 1.90 bits per heavy atom. The van der Waals surface area contributed by atoms with Crippen molar-refractivity contribution in [2.45, 2.75) is 19.4 Å². The minimum atomic E-state index is -0.433. The first-order chi connectivity index (χ1) is 10.0. The van der Waals surface area contributed by atoms with E-state index < -0.39 is 11.6 Å². The molecule has 0 aliphatic rings. The van der Waals surface area contributed by atoms with Gasteiger partial charge < -0.3 is 10.1 Å². The highest BCUT2D eigenvalue weighted by atomic mass is 19.1. The lowest BCUT2D eigenvalue weighted by molar-refractivity contribution is 0.400. The third-order valence-electron chi connectivity index (χ3n) is 3.54. The molecule has 1 unspecified atom stereocenters. The van der Waals surface area contributed by atoms with E-state index in [2.05, 4.69) is 5.32 Å². The van der Waals surface area contributed by atoms with Crippen molar-refractivity contribution in [1.82, 2.24) is 5.32 Å². The number of hydrogen-bond acceptors (Lipinski definition) is 2. The van der Waals surface area contributed by atoms with Gasteiger partial charge in [-0.3, -0.25) is 0 Å². The van der Waals surface area contributed by atoms with Crippen LogP contribution < -0.4 is 10.1 Å². The Balaban J connectivity index is 2.36. The van der Waals surface area contributed by atoms with Crippen molar-refractivity contribution < 1.29 is 13.5 Å². The van der Waals surface area contributed by atoms with Crippen LogP contribution in [0.2, 0.25) is 0 Å². The van der Waals surface area contributed by atoms with E-state index in [0.29, 0.717) is 12.0 Å². The number of hydrogen-bond donors (Lipinski definition) is 1. The zero-order valence-corrected chi connectivity index (χ0v) is 12.4. The van der Waals surface area contributed by atoms with E-state index in [1.165, 1.54) is 6.07 Å². The predicted octanol–water partition coefficient (Wildman–Crippen LogP) is 3.79. The van der Waals surface area contributed by atoms with Crippen LogP contribution in [0.15, 0.2) is 36.4 Å². The van der Waals surface area contributed by atoms with E-state index in [4.69, 9.17) is 4.74 Å². The number of benzene rings is 2. The maximum atomic E-state index is 13.8. The summed E-state index contributed by atoms with van der Waals surface area (Å²) < 4.78 is 32.5. The van der Waals surface area contributed by atoms with Gasteiger partial charge in [0.05, 0.1) is 7.11 Å². The second-order valence-electron chi connectivity index (χ2n) is 5.03. The summed E-state index contributed by atoms with van der Waals surface area (Å²) in [6, 6.07) is 9.20. The lowest BCUT2D eigenvalue weighted by Gasteiger charge is -2.20. The van der Waals surface area contributed by atoms with Crippen LogP contribution in [0.5, 0.6) is 5.75 Å². The Morgan fingerprint density at radius 1 is 1.14 bits per heavy atom. The van der Waals surface area contributed by atoms with E-state index >= 15 is 0 Å². The van der Waals surface area contributed by atoms with E-state index in [1.807, 2.05) is 25.1 Å². The van der Waals surface area contributed by atoms with Gasteiger partial charge in [-0.1, -0.05) is 17.7 Å². The monoisotopic (exact) mass is 291 g/mol. The predicted molar refractivity (Wildman–Crippen MR) is 79.6 cm³/mol. The van der Waals surface area contributed by atoms with Crippen LogP contribution in [-0.2, 0) is 6.42 Å². The number of methoxy groups -OCH3 is 1. The molecule has 0 saturated heterocycles. The number of aryl methyl sites for hydroxylation is 1. The van der Waals surface area contributed by atoms with Gasteiger partial charge in [0.1, 0.15) is 17.4 Å². The van der Waals surface area contributed by atoms with Gasteiger partial charge in [0.2, 0.25) is 0 Å². The summed E-state index contributed by atoms with van der Waals surface area (Å²) in [5.41, 5.74) is 2.37. The normalized spacial score (nSPS) is 12.2. The van der Waals surface area contributed by atoms with Gasteiger partial charge in [-0.05, 0) is 50.2 Å². The molecule has 2 aromatic rings. The highest BCUT2D eigenvalue weighted by molar-refractivity contribution is 5.40. The Kier molecular flexibility index (Phi) is 4.91. The number of halogens is 2. The van der Waals surface area contributed by atoms with Gasteiger partial charge in [-0.2, -0.15) is 0 Å². The van der Waals surface area contributed by atoms with Crippen molar-refractivity contribution >= 4 is 0 Å². The molecular weight excluding hydrogens is 272 g/mol. The summed E-state index contributed by atoms with van der Waals surface area (Å²) >= 11 is 0. The molecule has 112 valence electrons. The van der Waals surface area contributed by atoms with Crippen molar-refractivity contribution in [3.63, 3.8) is 0 Å². The Labute approximate surface area is 123 Å².